The third-order valence-electron chi connectivity index (χ3n) is 2.61. The number of benzene rings is 1. The highest BCUT2D eigenvalue weighted by Gasteiger charge is 2.13. The number of carbonyl (C=O) groups is 1. The van der Waals surface area contributed by atoms with E-state index in [1.54, 1.807) is 6.92 Å². The number of aryl methyl sites for hydroxylation is 1. The van der Waals surface area contributed by atoms with Crippen LogP contribution in [-0.4, -0.2) is 22.8 Å². The smallest absolute Gasteiger partial charge is 0.343 e. The van der Waals surface area contributed by atoms with Crippen LogP contribution in [0.2, 0.25) is 0 Å². The predicted molar refractivity (Wildman–Crippen MR) is 71.0 cm³/mol. The molecule has 0 spiro atoms. The van der Waals surface area contributed by atoms with Crippen LogP contribution in [0.3, 0.4) is 0 Å². The van der Waals surface area contributed by atoms with Crippen molar-refractivity contribution in [3.05, 3.63) is 51.8 Å². The summed E-state index contributed by atoms with van der Waals surface area (Å²) < 4.78 is 4.84. The van der Waals surface area contributed by atoms with E-state index in [-0.39, 0.29) is 12.2 Å². The minimum atomic E-state index is -0.639. The molecule has 2 rings (SSSR count). The van der Waals surface area contributed by atoms with E-state index in [1.165, 1.54) is 6.07 Å². The summed E-state index contributed by atoms with van der Waals surface area (Å²) in [5, 5.41) is 6.27. The van der Waals surface area contributed by atoms with Gasteiger partial charge in [-0.25, -0.2) is 9.89 Å². The number of H-pyrrole nitrogens is 1. The van der Waals surface area contributed by atoms with Crippen LogP contribution in [0.25, 0.3) is 11.3 Å². The Balaban J connectivity index is 2.47. The van der Waals surface area contributed by atoms with Gasteiger partial charge in [-0.05, 0) is 26.0 Å². The fourth-order valence-corrected chi connectivity index (χ4v) is 1.72. The maximum absolute atomic E-state index is 11.6. The van der Waals surface area contributed by atoms with E-state index in [0.29, 0.717) is 5.69 Å². The van der Waals surface area contributed by atoms with Crippen LogP contribution >= 0.6 is 0 Å². The second kappa shape index (κ2) is 5.48. The Hall–Kier alpha value is -2.43. The average molecular weight is 258 g/mol. The number of esters is 1. The first kappa shape index (κ1) is 13.0. The van der Waals surface area contributed by atoms with Crippen LogP contribution in [0.1, 0.15) is 22.8 Å². The first-order valence-electron chi connectivity index (χ1n) is 5.95. The molecule has 0 aliphatic rings. The molecule has 0 bridgehead atoms. The zero-order valence-electron chi connectivity index (χ0n) is 10.8. The molecule has 2 aromatic rings. The van der Waals surface area contributed by atoms with Crippen molar-refractivity contribution in [2.75, 3.05) is 6.61 Å². The van der Waals surface area contributed by atoms with Gasteiger partial charge in [-0.2, -0.15) is 5.10 Å². The van der Waals surface area contributed by atoms with Crippen molar-refractivity contribution in [1.29, 1.82) is 0 Å². The highest BCUT2D eigenvalue weighted by molar-refractivity contribution is 5.90. The van der Waals surface area contributed by atoms with E-state index in [0.717, 1.165) is 11.1 Å². The van der Waals surface area contributed by atoms with Crippen LogP contribution < -0.4 is 5.56 Å². The number of hydrogen-bond donors (Lipinski definition) is 1. The molecule has 0 unspecified atom stereocenters. The van der Waals surface area contributed by atoms with E-state index >= 15 is 0 Å². The van der Waals surface area contributed by atoms with Crippen molar-refractivity contribution in [2.24, 2.45) is 0 Å². The monoisotopic (exact) mass is 258 g/mol. The zero-order chi connectivity index (χ0) is 13.8. The number of carbonyl (C=O) groups excluding carboxylic acids is 1. The molecule has 0 fully saturated rings. The lowest BCUT2D eigenvalue weighted by atomic mass is 10.1. The molecule has 0 saturated heterocycles. The van der Waals surface area contributed by atoms with Crippen molar-refractivity contribution in [1.82, 2.24) is 10.2 Å². The van der Waals surface area contributed by atoms with Crippen molar-refractivity contribution in [3.8, 4) is 11.3 Å². The van der Waals surface area contributed by atoms with Crippen LogP contribution in [0.4, 0.5) is 0 Å². The Morgan fingerprint density at radius 2 is 2.16 bits per heavy atom. The molecule has 0 aliphatic carbocycles. The van der Waals surface area contributed by atoms with Gasteiger partial charge in [0.25, 0.3) is 5.56 Å². The lowest BCUT2D eigenvalue weighted by Crippen LogP contribution is -2.21. The molecule has 5 nitrogen and oxygen atoms in total. The van der Waals surface area contributed by atoms with E-state index in [9.17, 15) is 9.59 Å². The van der Waals surface area contributed by atoms with Gasteiger partial charge in [-0.1, -0.05) is 23.8 Å². The third kappa shape index (κ3) is 2.88. The summed E-state index contributed by atoms with van der Waals surface area (Å²) in [4.78, 5) is 23.2. The van der Waals surface area contributed by atoms with Crippen molar-refractivity contribution < 1.29 is 9.53 Å². The summed E-state index contributed by atoms with van der Waals surface area (Å²) in [5.74, 6) is -0.639. The minimum Gasteiger partial charge on any atom is -0.462 e. The van der Waals surface area contributed by atoms with Crippen molar-refractivity contribution >= 4 is 5.97 Å². The number of aromatic amines is 1. The van der Waals surface area contributed by atoms with Gasteiger partial charge < -0.3 is 4.74 Å². The van der Waals surface area contributed by atoms with Gasteiger partial charge in [0.05, 0.1) is 12.3 Å². The zero-order valence-corrected chi connectivity index (χ0v) is 10.8. The van der Waals surface area contributed by atoms with Gasteiger partial charge in [0.15, 0.2) is 0 Å². The highest BCUT2D eigenvalue weighted by atomic mass is 16.5. The maximum Gasteiger partial charge on any atom is 0.343 e. The molecule has 0 aliphatic heterocycles. The number of aromatic nitrogens is 2. The molecule has 0 atom stereocenters. The average Bonchev–Trinajstić information content (AvgIpc) is 2.39. The Bertz CT molecular complexity index is 662. The molecule has 1 N–H and O–H groups in total. The van der Waals surface area contributed by atoms with E-state index in [1.807, 2.05) is 31.2 Å². The van der Waals surface area contributed by atoms with Crippen LogP contribution in [0.5, 0.6) is 0 Å². The summed E-state index contributed by atoms with van der Waals surface area (Å²) in [6.45, 7) is 3.87. The van der Waals surface area contributed by atoms with Gasteiger partial charge in [-0.3, -0.25) is 4.79 Å². The summed E-state index contributed by atoms with van der Waals surface area (Å²) >= 11 is 0. The second-order valence-electron chi connectivity index (χ2n) is 4.09. The van der Waals surface area contributed by atoms with Crippen molar-refractivity contribution in [3.63, 3.8) is 0 Å². The molecule has 19 heavy (non-hydrogen) atoms. The summed E-state index contributed by atoms with van der Waals surface area (Å²) in [6.07, 6.45) is 0. The SMILES string of the molecule is CCOC(=O)c1cc(-c2cccc(C)c2)n[nH]c1=O. The fraction of sp³-hybridized carbons (Fsp3) is 0.214. The normalized spacial score (nSPS) is 10.2. The van der Waals surface area contributed by atoms with Crippen LogP contribution in [0.15, 0.2) is 35.1 Å². The lowest BCUT2D eigenvalue weighted by molar-refractivity contribution is 0.0524. The summed E-state index contributed by atoms with van der Waals surface area (Å²) in [6, 6.07) is 9.09. The fourth-order valence-electron chi connectivity index (χ4n) is 1.72. The minimum absolute atomic E-state index is 0.0339. The molecular formula is C14H14N2O3. The van der Waals surface area contributed by atoms with Gasteiger partial charge in [-0.15, -0.1) is 0 Å². The van der Waals surface area contributed by atoms with Gasteiger partial charge in [0.1, 0.15) is 5.56 Å². The molecule has 1 heterocycles. The molecule has 5 heteroatoms. The second-order valence-corrected chi connectivity index (χ2v) is 4.09. The van der Waals surface area contributed by atoms with E-state index in [4.69, 9.17) is 4.74 Å². The quantitative estimate of drug-likeness (QED) is 0.854. The van der Waals surface area contributed by atoms with E-state index < -0.39 is 11.5 Å². The number of nitrogens with one attached hydrogen (secondary N) is 1. The predicted octanol–water partition coefficient (Wildman–Crippen LogP) is 1.92. The van der Waals surface area contributed by atoms with E-state index in [2.05, 4.69) is 10.2 Å². The molecule has 0 radical (unpaired) electrons. The topological polar surface area (TPSA) is 72.0 Å². The van der Waals surface area contributed by atoms with Gasteiger partial charge in [0, 0.05) is 5.56 Å². The Morgan fingerprint density at radius 1 is 1.37 bits per heavy atom. The Labute approximate surface area is 110 Å². The standard InChI is InChI=1S/C14H14N2O3/c1-3-19-14(18)11-8-12(15-16-13(11)17)10-6-4-5-9(2)7-10/h4-8H,3H2,1-2H3,(H,16,17). The van der Waals surface area contributed by atoms with Gasteiger partial charge in [0.2, 0.25) is 0 Å². The number of ether oxygens (including phenoxy) is 1. The van der Waals surface area contributed by atoms with Crippen molar-refractivity contribution in [2.45, 2.75) is 13.8 Å². The van der Waals surface area contributed by atoms with Crippen LogP contribution in [0, 0.1) is 6.92 Å². The summed E-state index contributed by atoms with van der Waals surface area (Å²) in [7, 11) is 0. The molecular weight excluding hydrogens is 244 g/mol. The number of nitrogens with zero attached hydrogens (tertiary/aromatic N) is 1. The molecule has 0 saturated carbocycles. The number of rotatable bonds is 3. The molecule has 1 aromatic heterocycles. The first-order valence-corrected chi connectivity index (χ1v) is 5.95. The first-order chi connectivity index (χ1) is 9.11. The summed E-state index contributed by atoms with van der Waals surface area (Å²) in [5.41, 5.74) is 1.86. The molecule has 0 amide bonds. The largest absolute Gasteiger partial charge is 0.462 e. The highest BCUT2D eigenvalue weighted by Crippen LogP contribution is 2.17. The van der Waals surface area contributed by atoms with Crippen LogP contribution in [-0.2, 0) is 4.74 Å². The Morgan fingerprint density at radius 3 is 2.84 bits per heavy atom. The number of hydrogen-bond acceptors (Lipinski definition) is 4. The molecule has 1 aromatic carbocycles. The van der Waals surface area contributed by atoms with Gasteiger partial charge >= 0.3 is 5.97 Å². The maximum atomic E-state index is 11.6. The lowest BCUT2D eigenvalue weighted by Gasteiger charge is -2.04. The third-order valence-corrected chi connectivity index (χ3v) is 2.61. The Kier molecular flexibility index (Phi) is 3.75. The molecule has 98 valence electrons.